The maximum absolute atomic E-state index is 9.38. The predicted molar refractivity (Wildman–Crippen MR) is 49.9 cm³/mol. The molecule has 0 bridgehead atoms. The fraction of sp³-hybridized carbons (Fsp3) is 0.200. The third-order valence-corrected chi connectivity index (χ3v) is 1.96. The van der Waals surface area contributed by atoms with Crippen LogP contribution in [0.3, 0.4) is 0 Å². The molecule has 14 heavy (non-hydrogen) atoms. The SMILES string of the molecule is C=c1o/c(=C/C2=CCCO2)c(O)c1O. The molecule has 2 rings (SSSR count). The molecule has 1 aromatic heterocycles. The number of allylic oxidation sites excluding steroid dienone is 1. The Balaban J connectivity index is 2.50. The van der Waals surface area contributed by atoms with E-state index in [9.17, 15) is 10.2 Å². The van der Waals surface area contributed by atoms with Crippen LogP contribution in [0.25, 0.3) is 12.7 Å². The van der Waals surface area contributed by atoms with Gasteiger partial charge in [0.15, 0.2) is 10.8 Å². The van der Waals surface area contributed by atoms with Crippen LogP contribution in [0.5, 0.6) is 11.5 Å². The van der Waals surface area contributed by atoms with Gasteiger partial charge in [0, 0.05) is 12.5 Å². The highest BCUT2D eigenvalue weighted by atomic mass is 16.5. The summed E-state index contributed by atoms with van der Waals surface area (Å²) in [5, 5.41) is 18.6. The summed E-state index contributed by atoms with van der Waals surface area (Å²) < 4.78 is 10.2. The highest BCUT2D eigenvalue weighted by molar-refractivity contribution is 5.48. The fourth-order valence-corrected chi connectivity index (χ4v) is 1.24. The largest absolute Gasteiger partial charge is 0.502 e. The summed E-state index contributed by atoms with van der Waals surface area (Å²) in [5.41, 5.74) is 0.216. The normalized spacial score (nSPS) is 16.9. The Bertz CT molecular complexity index is 481. The molecule has 2 N–H and O–H groups in total. The number of hydrogen-bond acceptors (Lipinski definition) is 4. The van der Waals surface area contributed by atoms with Gasteiger partial charge in [-0.3, -0.25) is 0 Å². The first-order valence-electron chi connectivity index (χ1n) is 4.23. The van der Waals surface area contributed by atoms with Gasteiger partial charge in [0.05, 0.1) is 6.61 Å². The quantitative estimate of drug-likeness (QED) is 0.669. The molecule has 0 saturated carbocycles. The topological polar surface area (TPSA) is 62.8 Å². The van der Waals surface area contributed by atoms with Gasteiger partial charge in [0.2, 0.25) is 11.5 Å². The number of rotatable bonds is 1. The fourth-order valence-electron chi connectivity index (χ4n) is 1.24. The zero-order chi connectivity index (χ0) is 10.1. The van der Waals surface area contributed by atoms with E-state index in [1.54, 1.807) is 0 Å². The van der Waals surface area contributed by atoms with Crippen molar-refractivity contribution in [3.8, 4) is 11.5 Å². The van der Waals surface area contributed by atoms with E-state index in [2.05, 4.69) is 6.58 Å². The molecule has 0 atom stereocenters. The van der Waals surface area contributed by atoms with Crippen molar-refractivity contribution < 1.29 is 19.4 Å². The van der Waals surface area contributed by atoms with E-state index in [0.29, 0.717) is 12.4 Å². The van der Waals surface area contributed by atoms with Crippen molar-refractivity contribution >= 4 is 12.7 Å². The Morgan fingerprint density at radius 3 is 2.64 bits per heavy atom. The number of hydrogen-bond donors (Lipinski definition) is 2. The average molecular weight is 194 g/mol. The van der Waals surface area contributed by atoms with Crippen molar-refractivity contribution in [3.63, 3.8) is 0 Å². The molecule has 0 unspecified atom stereocenters. The zero-order valence-corrected chi connectivity index (χ0v) is 7.49. The molecule has 1 aliphatic rings. The third-order valence-electron chi connectivity index (χ3n) is 1.96. The Morgan fingerprint density at radius 2 is 2.14 bits per heavy atom. The van der Waals surface area contributed by atoms with E-state index in [4.69, 9.17) is 9.15 Å². The van der Waals surface area contributed by atoms with Crippen molar-refractivity contribution in [2.24, 2.45) is 0 Å². The Labute approximate surface area is 80.0 Å². The summed E-state index contributed by atoms with van der Waals surface area (Å²) in [7, 11) is 0. The van der Waals surface area contributed by atoms with Gasteiger partial charge in [-0.2, -0.15) is 0 Å². The lowest BCUT2D eigenvalue weighted by Gasteiger charge is -1.93. The first-order chi connectivity index (χ1) is 6.68. The standard InChI is InChI=1S/C10H10O4/c1-6-9(11)10(12)8(14-6)5-7-3-2-4-13-7/h3,5,11-12H,1-2,4H2/b8-5+. The van der Waals surface area contributed by atoms with Gasteiger partial charge in [-0.05, 0) is 6.08 Å². The molecular weight excluding hydrogens is 184 g/mol. The first kappa shape index (κ1) is 8.74. The minimum absolute atomic E-state index is 0.0485. The van der Waals surface area contributed by atoms with E-state index < -0.39 is 0 Å². The minimum Gasteiger partial charge on any atom is -0.502 e. The molecule has 0 saturated heterocycles. The predicted octanol–water partition coefficient (Wildman–Crippen LogP) is 0.186. The maximum atomic E-state index is 9.38. The molecule has 0 aliphatic carbocycles. The van der Waals surface area contributed by atoms with E-state index in [1.165, 1.54) is 6.08 Å². The second kappa shape index (κ2) is 3.14. The second-order valence-electron chi connectivity index (χ2n) is 2.97. The van der Waals surface area contributed by atoms with Crippen LogP contribution in [0, 0.1) is 0 Å². The van der Waals surface area contributed by atoms with Gasteiger partial charge in [0.25, 0.3) is 0 Å². The van der Waals surface area contributed by atoms with Crippen LogP contribution in [0.4, 0.5) is 0 Å². The number of furan rings is 1. The molecule has 0 spiro atoms. The summed E-state index contributed by atoms with van der Waals surface area (Å²) in [6, 6.07) is 0. The van der Waals surface area contributed by atoms with Crippen molar-refractivity contribution in [3.05, 3.63) is 22.7 Å². The van der Waals surface area contributed by atoms with Crippen molar-refractivity contribution in [1.82, 2.24) is 0 Å². The van der Waals surface area contributed by atoms with Crippen LogP contribution in [-0.4, -0.2) is 16.8 Å². The van der Waals surface area contributed by atoms with Crippen LogP contribution in [0.1, 0.15) is 6.42 Å². The van der Waals surface area contributed by atoms with Crippen LogP contribution < -0.4 is 10.8 Å². The van der Waals surface area contributed by atoms with Crippen molar-refractivity contribution in [1.29, 1.82) is 0 Å². The Morgan fingerprint density at radius 1 is 1.36 bits per heavy atom. The van der Waals surface area contributed by atoms with Gasteiger partial charge in [0.1, 0.15) is 5.76 Å². The van der Waals surface area contributed by atoms with Crippen molar-refractivity contribution in [2.45, 2.75) is 6.42 Å². The van der Waals surface area contributed by atoms with Gasteiger partial charge in [-0.15, -0.1) is 0 Å². The van der Waals surface area contributed by atoms with E-state index >= 15 is 0 Å². The first-order valence-corrected chi connectivity index (χ1v) is 4.23. The molecule has 0 amide bonds. The lowest BCUT2D eigenvalue weighted by atomic mass is 10.3. The van der Waals surface area contributed by atoms with Crippen LogP contribution in [0.2, 0.25) is 0 Å². The van der Waals surface area contributed by atoms with E-state index in [-0.39, 0.29) is 22.3 Å². The second-order valence-corrected chi connectivity index (χ2v) is 2.97. The van der Waals surface area contributed by atoms with Gasteiger partial charge >= 0.3 is 0 Å². The lowest BCUT2D eigenvalue weighted by Crippen LogP contribution is -1.99. The summed E-state index contributed by atoms with van der Waals surface area (Å²) in [5.74, 6) is 0.00953. The molecule has 1 aliphatic heterocycles. The third kappa shape index (κ3) is 1.35. The number of ether oxygens (including phenoxy) is 1. The summed E-state index contributed by atoms with van der Waals surface area (Å²) >= 11 is 0. The van der Waals surface area contributed by atoms with Gasteiger partial charge < -0.3 is 19.4 Å². The summed E-state index contributed by atoms with van der Waals surface area (Å²) in [6.07, 6.45) is 4.25. The Kier molecular flexibility index (Phi) is 1.96. The van der Waals surface area contributed by atoms with Crippen LogP contribution in [-0.2, 0) is 4.74 Å². The highest BCUT2D eigenvalue weighted by Gasteiger charge is 2.09. The highest BCUT2D eigenvalue weighted by Crippen LogP contribution is 2.16. The summed E-state index contributed by atoms with van der Waals surface area (Å²) in [4.78, 5) is 0. The monoisotopic (exact) mass is 194 g/mol. The molecule has 74 valence electrons. The minimum atomic E-state index is -0.324. The average Bonchev–Trinajstić information content (AvgIpc) is 2.73. The van der Waals surface area contributed by atoms with Crippen LogP contribution >= 0.6 is 0 Å². The summed E-state index contributed by atoms with van der Waals surface area (Å²) in [6.45, 7) is 4.05. The number of aromatic hydroxyl groups is 2. The molecule has 0 radical (unpaired) electrons. The van der Waals surface area contributed by atoms with Crippen molar-refractivity contribution in [2.75, 3.05) is 6.61 Å². The van der Waals surface area contributed by atoms with Gasteiger partial charge in [-0.1, -0.05) is 6.58 Å². The van der Waals surface area contributed by atoms with E-state index in [0.717, 1.165) is 6.42 Å². The molecule has 0 fully saturated rings. The Hall–Kier alpha value is -1.84. The molecule has 4 heteroatoms. The van der Waals surface area contributed by atoms with Gasteiger partial charge in [-0.25, -0.2) is 0 Å². The molecule has 0 aromatic carbocycles. The molecule has 2 heterocycles. The molecule has 1 aromatic rings. The zero-order valence-electron chi connectivity index (χ0n) is 7.49. The smallest absolute Gasteiger partial charge is 0.205 e. The van der Waals surface area contributed by atoms with E-state index in [1.807, 2.05) is 6.08 Å². The molecule has 4 nitrogen and oxygen atoms in total. The van der Waals surface area contributed by atoms with Crippen LogP contribution in [0.15, 0.2) is 16.3 Å². The molecular formula is C10H10O4. The maximum Gasteiger partial charge on any atom is 0.205 e. The lowest BCUT2D eigenvalue weighted by molar-refractivity contribution is 0.261.